The smallest absolute Gasteiger partial charge is 0.331 e. The zero-order chi connectivity index (χ0) is 13.1. The molecular formula is C9H10N6O2S. The predicted molar refractivity (Wildman–Crippen MR) is 64.7 cm³/mol. The fourth-order valence-corrected chi connectivity index (χ4v) is 1.87. The number of hydrogen-bond donors (Lipinski definition) is 4. The van der Waals surface area contributed by atoms with E-state index >= 15 is 0 Å². The van der Waals surface area contributed by atoms with Gasteiger partial charge in [-0.05, 0) is 17.6 Å². The monoisotopic (exact) mass is 266 g/mol. The molecule has 0 fully saturated rings. The molecule has 1 atom stereocenters. The quantitative estimate of drug-likeness (QED) is 0.453. The Bertz CT molecular complexity index is 563. The van der Waals surface area contributed by atoms with E-state index in [2.05, 4.69) is 14.8 Å². The normalized spacial score (nSPS) is 12.0. The number of carboxylic acid groups (broad SMARTS) is 1. The van der Waals surface area contributed by atoms with Gasteiger partial charge in [-0.3, -0.25) is 5.41 Å². The molecule has 0 spiro atoms. The number of nitrogens with two attached hydrogens (primary N) is 1. The lowest BCUT2D eigenvalue weighted by molar-refractivity contribution is -0.139. The molecule has 2 aromatic rings. The molecule has 2 aromatic heterocycles. The average Bonchev–Trinajstić information content (AvgIpc) is 2.95. The topological polar surface area (TPSA) is 130 Å². The molecule has 0 aromatic carbocycles. The number of guanidine groups is 1. The molecule has 0 bridgehead atoms. The van der Waals surface area contributed by atoms with Gasteiger partial charge in [-0.15, -0.1) is 0 Å². The van der Waals surface area contributed by atoms with Crippen molar-refractivity contribution in [2.45, 2.75) is 6.04 Å². The minimum Gasteiger partial charge on any atom is -0.479 e. The van der Waals surface area contributed by atoms with Crippen molar-refractivity contribution in [1.82, 2.24) is 19.5 Å². The molecule has 0 saturated carbocycles. The fourth-order valence-electron chi connectivity index (χ4n) is 1.38. The molecule has 8 nitrogen and oxygen atoms in total. The van der Waals surface area contributed by atoms with E-state index in [0.29, 0.717) is 11.4 Å². The second-order valence-corrected chi connectivity index (χ2v) is 4.07. The van der Waals surface area contributed by atoms with Crippen molar-refractivity contribution in [2.24, 2.45) is 5.73 Å². The third kappa shape index (κ3) is 2.46. The Morgan fingerprint density at radius 1 is 1.67 bits per heavy atom. The van der Waals surface area contributed by atoms with Gasteiger partial charge >= 0.3 is 5.97 Å². The van der Waals surface area contributed by atoms with Crippen LogP contribution >= 0.6 is 11.5 Å². The van der Waals surface area contributed by atoms with Crippen molar-refractivity contribution in [1.29, 1.82) is 5.41 Å². The number of aliphatic carboxylic acids is 1. The zero-order valence-electron chi connectivity index (χ0n) is 9.07. The maximum absolute atomic E-state index is 11.1. The van der Waals surface area contributed by atoms with E-state index in [9.17, 15) is 4.79 Å². The highest BCUT2D eigenvalue weighted by Gasteiger charge is 2.22. The summed E-state index contributed by atoms with van der Waals surface area (Å²) in [6.45, 7) is 0. The lowest BCUT2D eigenvalue weighted by Crippen LogP contribution is -2.37. The van der Waals surface area contributed by atoms with Gasteiger partial charge in [0.05, 0.1) is 6.20 Å². The second kappa shape index (κ2) is 4.84. The number of carboxylic acids is 1. The summed E-state index contributed by atoms with van der Waals surface area (Å²) in [6, 6.07) is 0.658. The highest BCUT2D eigenvalue weighted by Crippen LogP contribution is 2.14. The van der Waals surface area contributed by atoms with Gasteiger partial charge in [0.1, 0.15) is 0 Å². The highest BCUT2D eigenvalue weighted by molar-refractivity contribution is 7.03. The van der Waals surface area contributed by atoms with Gasteiger partial charge in [-0.2, -0.15) is 9.47 Å². The Kier molecular flexibility index (Phi) is 3.24. The van der Waals surface area contributed by atoms with Crippen molar-refractivity contribution in [3.05, 3.63) is 29.4 Å². The molecule has 5 N–H and O–H groups in total. The number of rotatable bonds is 4. The van der Waals surface area contributed by atoms with Crippen molar-refractivity contribution in [2.75, 3.05) is 0 Å². The molecule has 2 rings (SSSR count). The summed E-state index contributed by atoms with van der Waals surface area (Å²) in [7, 11) is 0. The van der Waals surface area contributed by atoms with Crippen LogP contribution in [-0.2, 0) is 4.79 Å². The van der Waals surface area contributed by atoms with Crippen LogP contribution in [0.15, 0.2) is 23.8 Å². The molecule has 0 saturated heterocycles. The van der Waals surface area contributed by atoms with Crippen LogP contribution in [0.3, 0.4) is 0 Å². The van der Waals surface area contributed by atoms with Crippen LogP contribution < -0.4 is 11.1 Å². The van der Waals surface area contributed by atoms with Crippen molar-refractivity contribution >= 4 is 23.5 Å². The molecule has 1 unspecified atom stereocenters. The van der Waals surface area contributed by atoms with Gasteiger partial charge in [0.15, 0.2) is 17.8 Å². The van der Waals surface area contributed by atoms with E-state index < -0.39 is 18.0 Å². The number of aromatic nitrogens is 3. The van der Waals surface area contributed by atoms with Crippen LogP contribution in [0.1, 0.15) is 11.6 Å². The molecule has 18 heavy (non-hydrogen) atoms. The Labute approximate surface area is 106 Å². The first-order valence-electron chi connectivity index (χ1n) is 4.86. The Morgan fingerprint density at radius 2 is 2.44 bits per heavy atom. The summed E-state index contributed by atoms with van der Waals surface area (Å²) < 4.78 is 5.53. The van der Waals surface area contributed by atoms with Crippen molar-refractivity contribution in [3.63, 3.8) is 0 Å². The molecule has 2 heterocycles. The van der Waals surface area contributed by atoms with E-state index in [-0.39, 0.29) is 0 Å². The van der Waals surface area contributed by atoms with Crippen molar-refractivity contribution in [3.8, 4) is 5.82 Å². The second-order valence-electron chi connectivity index (χ2n) is 3.41. The summed E-state index contributed by atoms with van der Waals surface area (Å²) in [6.07, 6.45) is 2.93. The van der Waals surface area contributed by atoms with Crippen molar-refractivity contribution < 1.29 is 9.90 Å². The third-order valence-corrected chi connectivity index (χ3v) is 2.69. The van der Waals surface area contributed by atoms with Crippen LogP contribution in [0.2, 0.25) is 0 Å². The van der Waals surface area contributed by atoms with Gasteiger partial charge < -0.3 is 16.2 Å². The zero-order valence-corrected chi connectivity index (χ0v) is 9.89. The van der Waals surface area contributed by atoms with E-state index in [1.54, 1.807) is 11.4 Å². The first-order chi connectivity index (χ1) is 8.58. The fraction of sp³-hybridized carbons (Fsp3) is 0.111. The summed E-state index contributed by atoms with van der Waals surface area (Å²) >= 11 is 1.27. The first-order valence-corrected chi connectivity index (χ1v) is 5.70. The number of nitrogens with zero attached hydrogens (tertiary/aromatic N) is 3. The number of nitrogens with one attached hydrogen (secondary N) is 2. The summed E-state index contributed by atoms with van der Waals surface area (Å²) in [5.41, 5.74) is 5.53. The minimum absolute atomic E-state index is 0.394. The maximum Gasteiger partial charge on any atom is 0.331 e. The van der Waals surface area contributed by atoms with Crippen LogP contribution in [0.25, 0.3) is 5.82 Å². The molecular weight excluding hydrogens is 256 g/mol. The van der Waals surface area contributed by atoms with E-state index in [1.165, 1.54) is 28.6 Å². The minimum atomic E-state index is -1.14. The van der Waals surface area contributed by atoms with Gasteiger partial charge in [-0.25, -0.2) is 9.48 Å². The maximum atomic E-state index is 11.1. The third-order valence-electron chi connectivity index (χ3n) is 2.14. The van der Waals surface area contributed by atoms with E-state index in [4.69, 9.17) is 16.2 Å². The molecule has 0 aliphatic heterocycles. The van der Waals surface area contributed by atoms with E-state index in [0.717, 1.165) is 0 Å². The van der Waals surface area contributed by atoms with Crippen LogP contribution in [0.5, 0.6) is 0 Å². The SMILES string of the molecule is N=C(N)NC(C(=O)O)c1cnn(-c2ccsn2)c1. The highest BCUT2D eigenvalue weighted by atomic mass is 32.1. The van der Waals surface area contributed by atoms with Gasteiger partial charge in [0, 0.05) is 17.1 Å². The average molecular weight is 266 g/mol. The lowest BCUT2D eigenvalue weighted by atomic mass is 10.1. The largest absolute Gasteiger partial charge is 0.479 e. The van der Waals surface area contributed by atoms with Crippen LogP contribution in [0.4, 0.5) is 0 Å². The molecule has 0 radical (unpaired) electrons. The molecule has 9 heteroatoms. The standard InChI is InChI=1S/C9H10N6O2S/c10-9(11)13-7(8(16)17)5-3-12-15(4-5)6-1-2-18-14-6/h1-4,7H,(H,16,17)(H4,10,11,13). The van der Waals surface area contributed by atoms with Gasteiger partial charge in [0.25, 0.3) is 0 Å². The first kappa shape index (κ1) is 12.0. The number of carbonyl (C=O) groups is 1. The van der Waals surface area contributed by atoms with Crippen LogP contribution in [-0.4, -0.2) is 31.2 Å². The Morgan fingerprint density at radius 3 is 3.00 bits per heavy atom. The van der Waals surface area contributed by atoms with Crippen LogP contribution in [0, 0.1) is 5.41 Å². The Balaban J connectivity index is 2.27. The van der Waals surface area contributed by atoms with Gasteiger partial charge in [0.2, 0.25) is 0 Å². The lowest BCUT2D eigenvalue weighted by Gasteiger charge is -2.11. The number of hydrogen-bond acceptors (Lipinski definition) is 5. The van der Waals surface area contributed by atoms with Gasteiger partial charge in [-0.1, -0.05) is 0 Å². The molecule has 0 amide bonds. The summed E-state index contributed by atoms with van der Waals surface area (Å²) in [5, 5.41) is 24.3. The molecule has 94 valence electrons. The summed E-state index contributed by atoms with van der Waals surface area (Å²) in [4.78, 5) is 11.1. The summed E-state index contributed by atoms with van der Waals surface area (Å²) in [5.74, 6) is -0.940. The predicted octanol–water partition coefficient (Wildman–Crippen LogP) is -0.0624. The molecule has 0 aliphatic rings. The Hall–Kier alpha value is -2.42. The van der Waals surface area contributed by atoms with E-state index in [1.807, 2.05) is 0 Å². The molecule has 0 aliphatic carbocycles.